The monoisotopic (exact) mass is 258 g/mol. The standard InChI is InChI=1S/C15H22N4/c1-12-9-18-19(11-12)8-7-16-14-6-5-13(10-17-14)15(2,3)4/h5-6,9-11H,7-8H2,1-4H3,(H,16,17). The van der Waals surface area contributed by atoms with E-state index in [1.54, 1.807) is 0 Å². The first-order chi connectivity index (χ1) is 8.95. The molecule has 0 unspecified atom stereocenters. The normalized spacial score (nSPS) is 11.6. The van der Waals surface area contributed by atoms with E-state index in [0.717, 1.165) is 18.9 Å². The van der Waals surface area contributed by atoms with Crippen molar-refractivity contribution in [2.75, 3.05) is 11.9 Å². The average molecular weight is 258 g/mol. The molecular weight excluding hydrogens is 236 g/mol. The predicted molar refractivity (Wildman–Crippen MR) is 78.4 cm³/mol. The third kappa shape index (κ3) is 3.81. The molecule has 19 heavy (non-hydrogen) atoms. The third-order valence-corrected chi connectivity index (χ3v) is 3.04. The molecule has 2 aromatic heterocycles. The molecule has 0 aliphatic carbocycles. The van der Waals surface area contributed by atoms with E-state index in [0.29, 0.717) is 0 Å². The highest BCUT2D eigenvalue weighted by atomic mass is 15.3. The van der Waals surface area contributed by atoms with Gasteiger partial charge in [-0.2, -0.15) is 5.10 Å². The van der Waals surface area contributed by atoms with Crippen LogP contribution in [0.2, 0.25) is 0 Å². The van der Waals surface area contributed by atoms with Gasteiger partial charge in [0.1, 0.15) is 5.82 Å². The molecule has 4 heteroatoms. The fourth-order valence-corrected chi connectivity index (χ4v) is 1.83. The molecule has 1 N–H and O–H groups in total. The molecule has 0 amide bonds. The highest BCUT2D eigenvalue weighted by molar-refractivity contribution is 5.36. The largest absolute Gasteiger partial charge is 0.368 e. The minimum atomic E-state index is 0.151. The smallest absolute Gasteiger partial charge is 0.125 e. The number of rotatable bonds is 4. The summed E-state index contributed by atoms with van der Waals surface area (Å²) in [5, 5.41) is 7.56. The summed E-state index contributed by atoms with van der Waals surface area (Å²) in [5.41, 5.74) is 2.59. The van der Waals surface area contributed by atoms with E-state index in [1.807, 2.05) is 36.3 Å². The zero-order chi connectivity index (χ0) is 13.9. The number of hydrogen-bond donors (Lipinski definition) is 1. The zero-order valence-electron chi connectivity index (χ0n) is 12.1. The van der Waals surface area contributed by atoms with E-state index >= 15 is 0 Å². The van der Waals surface area contributed by atoms with Gasteiger partial charge in [0.05, 0.1) is 12.7 Å². The van der Waals surface area contributed by atoms with Crippen molar-refractivity contribution in [1.29, 1.82) is 0 Å². The summed E-state index contributed by atoms with van der Waals surface area (Å²) >= 11 is 0. The quantitative estimate of drug-likeness (QED) is 0.916. The van der Waals surface area contributed by atoms with Crippen LogP contribution in [0.3, 0.4) is 0 Å². The van der Waals surface area contributed by atoms with Gasteiger partial charge in [-0.1, -0.05) is 26.8 Å². The summed E-state index contributed by atoms with van der Waals surface area (Å²) < 4.78 is 1.94. The van der Waals surface area contributed by atoms with Crippen LogP contribution < -0.4 is 5.32 Å². The number of nitrogens with zero attached hydrogens (tertiary/aromatic N) is 3. The van der Waals surface area contributed by atoms with Crippen molar-refractivity contribution in [3.63, 3.8) is 0 Å². The van der Waals surface area contributed by atoms with Gasteiger partial charge in [0, 0.05) is 18.9 Å². The van der Waals surface area contributed by atoms with Gasteiger partial charge in [-0.15, -0.1) is 0 Å². The Morgan fingerprint density at radius 3 is 2.53 bits per heavy atom. The molecule has 0 bridgehead atoms. The van der Waals surface area contributed by atoms with Gasteiger partial charge in [-0.05, 0) is 29.5 Å². The Morgan fingerprint density at radius 1 is 1.21 bits per heavy atom. The molecule has 0 aliphatic rings. The van der Waals surface area contributed by atoms with E-state index in [1.165, 1.54) is 11.1 Å². The molecule has 4 nitrogen and oxygen atoms in total. The van der Waals surface area contributed by atoms with E-state index in [9.17, 15) is 0 Å². The van der Waals surface area contributed by atoms with E-state index in [2.05, 4.69) is 42.2 Å². The fourth-order valence-electron chi connectivity index (χ4n) is 1.83. The van der Waals surface area contributed by atoms with Crippen molar-refractivity contribution in [3.05, 3.63) is 41.9 Å². The first-order valence-electron chi connectivity index (χ1n) is 6.64. The van der Waals surface area contributed by atoms with Crippen molar-refractivity contribution in [2.45, 2.75) is 39.7 Å². The Bertz CT molecular complexity index is 520. The summed E-state index contributed by atoms with van der Waals surface area (Å²) in [5.74, 6) is 0.914. The summed E-state index contributed by atoms with van der Waals surface area (Å²) in [6, 6.07) is 4.17. The minimum Gasteiger partial charge on any atom is -0.368 e. The van der Waals surface area contributed by atoms with Gasteiger partial charge < -0.3 is 5.32 Å². The molecular formula is C15H22N4. The van der Waals surface area contributed by atoms with Crippen LogP contribution >= 0.6 is 0 Å². The van der Waals surface area contributed by atoms with Crippen LogP contribution in [0.25, 0.3) is 0 Å². The van der Waals surface area contributed by atoms with Crippen LogP contribution in [-0.4, -0.2) is 21.3 Å². The Hall–Kier alpha value is -1.84. The van der Waals surface area contributed by atoms with Crippen LogP contribution in [0.1, 0.15) is 31.9 Å². The molecule has 2 aromatic rings. The molecule has 0 saturated carbocycles. The molecule has 0 saturated heterocycles. The van der Waals surface area contributed by atoms with Crippen molar-refractivity contribution in [3.8, 4) is 0 Å². The van der Waals surface area contributed by atoms with Gasteiger partial charge in [0.25, 0.3) is 0 Å². The number of aryl methyl sites for hydroxylation is 1. The summed E-state index contributed by atoms with van der Waals surface area (Å²) in [6.45, 7) is 10.3. The van der Waals surface area contributed by atoms with Gasteiger partial charge in [-0.25, -0.2) is 4.98 Å². The average Bonchev–Trinajstić information content (AvgIpc) is 2.75. The summed E-state index contributed by atoms with van der Waals surface area (Å²) in [7, 11) is 0. The molecule has 0 fully saturated rings. The lowest BCUT2D eigenvalue weighted by Crippen LogP contribution is -2.14. The van der Waals surface area contributed by atoms with E-state index < -0.39 is 0 Å². The number of anilines is 1. The highest BCUT2D eigenvalue weighted by Gasteiger charge is 2.13. The SMILES string of the molecule is Cc1cnn(CCNc2ccc(C(C)(C)C)cn2)c1. The topological polar surface area (TPSA) is 42.7 Å². The second kappa shape index (κ2) is 5.43. The van der Waals surface area contributed by atoms with Crippen molar-refractivity contribution in [2.24, 2.45) is 0 Å². The lowest BCUT2D eigenvalue weighted by molar-refractivity contribution is 0.587. The molecule has 0 atom stereocenters. The van der Waals surface area contributed by atoms with Gasteiger partial charge in [0.2, 0.25) is 0 Å². The van der Waals surface area contributed by atoms with Crippen molar-refractivity contribution >= 4 is 5.82 Å². The lowest BCUT2D eigenvalue weighted by Gasteiger charge is -2.18. The Kier molecular flexibility index (Phi) is 3.88. The van der Waals surface area contributed by atoms with E-state index in [-0.39, 0.29) is 5.41 Å². The Balaban J connectivity index is 1.86. The maximum Gasteiger partial charge on any atom is 0.125 e. The molecule has 0 spiro atoms. The first kappa shape index (κ1) is 13.6. The van der Waals surface area contributed by atoms with Crippen LogP contribution in [-0.2, 0) is 12.0 Å². The summed E-state index contributed by atoms with van der Waals surface area (Å²) in [4.78, 5) is 4.44. The van der Waals surface area contributed by atoms with Crippen molar-refractivity contribution in [1.82, 2.24) is 14.8 Å². The first-order valence-corrected chi connectivity index (χ1v) is 6.64. The molecule has 0 aliphatic heterocycles. The molecule has 2 heterocycles. The summed E-state index contributed by atoms with van der Waals surface area (Å²) in [6.07, 6.45) is 5.86. The Labute approximate surface area is 114 Å². The Morgan fingerprint density at radius 2 is 2.00 bits per heavy atom. The lowest BCUT2D eigenvalue weighted by atomic mass is 9.88. The maximum absolute atomic E-state index is 4.44. The molecule has 102 valence electrons. The number of nitrogens with one attached hydrogen (secondary N) is 1. The van der Waals surface area contributed by atoms with Crippen LogP contribution in [0.4, 0.5) is 5.82 Å². The zero-order valence-corrected chi connectivity index (χ0v) is 12.1. The van der Waals surface area contributed by atoms with Crippen LogP contribution in [0.5, 0.6) is 0 Å². The number of pyridine rings is 1. The molecule has 0 radical (unpaired) electrons. The van der Waals surface area contributed by atoms with Gasteiger partial charge in [0.15, 0.2) is 0 Å². The molecule has 2 rings (SSSR count). The van der Waals surface area contributed by atoms with Gasteiger partial charge in [-0.3, -0.25) is 4.68 Å². The predicted octanol–water partition coefficient (Wildman–Crippen LogP) is 3.00. The van der Waals surface area contributed by atoms with Crippen LogP contribution in [0.15, 0.2) is 30.7 Å². The van der Waals surface area contributed by atoms with Crippen LogP contribution in [0, 0.1) is 6.92 Å². The number of hydrogen-bond acceptors (Lipinski definition) is 3. The maximum atomic E-state index is 4.44. The highest BCUT2D eigenvalue weighted by Crippen LogP contribution is 2.21. The third-order valence-electron chi connectivity index (χ3n) is 3.04. The molecule has 0 aromatic carbocycles. The van der Waals surface area contributed by atoms with Gasteiger partial charge >= 0.3 is 0 Å². The van der Waals surface area contributed by atoms with E-state index in [4.69, 9.17) is 0 Å². The van der Waals surface area contributed by atoms with Crippen molar-refractivity contribution < 1.29 is 0 Å². The minimum absolute atomic E-state index is 0.151. The fraction of sp³-hybridized carbons (Fsp3) is 0.467. The number of aromatic nitrogens is 3. The second-order valence-electron chi connectivity index (χ2n) is 5.89. The second-order valence-corrected chi connectivity index (χ2v) is 5.89.